The van der Waals surface area contributed by atoms with Crippen LogP contribution in [-0.4, -0.2) is 18.9 Å². The van der Waals surface area contributed by atoms with Gasteiger partial charge in [0.15, 0.2) is 0 Å². The van der Waals surface area contributed by atoms with Gasteiger partial charge >= 0.3 is 6.18 Å². The van der Waals surface area contributed by atoms with E-state index in [1.807, 2.05) is 0 Å². The molecule has 0 unspecified atom stereocenters. The number of ether oxygens (including phenoxy) is 1. The summed E-state index contributed by atoms with van der Waals surface area (Å²) in [6.45, 7) is 0.166. The summed E-state index contributed by atoms with van der Waals surface area (Å²) < 4.78 is 43.1. The highest BCUT2D eigenvalue weighted by molar-refractivity contribution is 6.03. The fourth-order valence-corrected chi connectivity index (χ4v) is 2.23. The second kappa shape index (κ2) is 8.37. The van der Waals surface area contributed by atoms with Crippen molar-refractivity contribution in [1.82, 2.24) is 5.32 Å². The number of rotatable bonds is 6. The Balaban J connectivity index is 1.88. The topological polar surface area (TPSA) is 67.4 Å². The molecule has 0 spiro atoms. The number of halogens is 3. The minimum atomic E-state index is -4.51. The van der Waals surface area contributed by atoms with Crippen LogP contribution in [0.1, 0.15) is 17.5 Å². The van der Waals surface area contributed by atoms with Crippen LogP contribution in [0.3, 0.4) is 0 Å². The maximum Gasteiger partial charge on any atom is 0.416 e. The Morgan fingerprint density at radius 2 is 1.77 bits per heavy atom. The van der Waals surface area contributed by atoms with E-state index in [0.29, 0.717) is 5.75 Å². The number of carbonyl (C=O) groups is 2. The number of nitrogens with one attached hydrogen (secondary N) is 2. The molecule has 0 aromatic heterocycles. The molecule has 2 rings (SSSR count). The van der Waals surface area contributed by atoms with Gasteiger partial charge in [-0.2, -0.15) is 13.2 Å². The molecule has 2 N–H and O–H groups in total. The number of benzene rings is 2. The van der Waals surface area contributed by atoms with Gasteiger partial charge in [0.2, 0.25) is 11.8 Å². The maximum absolute atomic E-state index is 12.7. The Kier molecular flexibility index (Phi) is 6.21. The predicted octanol–water partition coefficient (Wildman–Crippen LogP) is 3.36. The predicted molar refractivity (Wildman–Crippen MR) is 89.5 cm³/mol. The van der Waals surface area contributed by atoms with Gasteiger partial charge < -0.3 is 15.4 Å². The molecule has 0 bridgehead atoms. The Labute approximate surface area is 148 Å². The van der Waals surface area contributed by atoms with Crippen LogP contribution in [0.4, 0.5) is 18.9 Å². The van der Waals surface area contributed by atoms with Gasteiger partial charge in [-0.25, -0.2) is 0 Å². The number of hydrogen-bond acceptors (Lipinski definition) is 3. The molecular formula is C18H17F3N2O3. The van der Waals surface area contributed by atoms with Gasteiger partial charge in [0.25, 0.3) is 0 Å². The highest BCUT2D eigenvalue weighted by Crippen LogP contribution is 2.30. The fraction of sp³-hybridized carbons (Fsp3) is 0.222. The molecular weight excluding hydrogens is 349 g/mol. The van der Waals surface area contributed by atoms with Gasteiger partial charge in [-0.05, 0) is 24.3 Å². The van der Waals surface area contributed by atoms with Crippen LogP contribution < -0.4 is 15.4 Å². The molecule has 2 aromatic rings. The van der Waals surface area contributed by atoms with Crippen molar-refractivity contribution in [3.63, 3.8) is 0 Å². The summed E-state index contributed by atoms with van der Waals surface area (Å²) >= 11 is 0. The first kappa shape index (κ1) is 19.3. The minimum absolute atomic E-state index is 0.0256. The molecule has 8 heteroatoms. The number of carbonyl (C=O) groups excluding carboxylic acids is 2. The van der Waals surface area contributed by atoms with Crippen molar-refractivity contribution < 1.29 is 27.5 Å². The summed E-state index contributed by atoms with van der Waals surface area (Å²) in [6.07, 6.45) is -5.02. The van der Waals surface area contributed by atoms with Gasteiger partial charge in [0.1, 0.15) is 12.2 Å². The summed E-state index contributed by atoms with van der Waals surface area (Å²) in [5.41, 5.74) is -0.167. The summed E-state index contributed by atoms with van der Waals surface area (Å²) in [4.78, 5) is 23.7. The smallest absolute Gasteiger partial charge is 0.416 e. The van der Waals surface area contributed by atoms with Gasteiger partial charge in [-0.1, -0.05) is 24.3 Å². The van der Waals surface area contributed by atoms with Crippen LogP contribution >= 0.6 is 0 Å². The third-order valence-electron chi connectivity index (χ3n) is 3.46. The highest BCUT2D eigenvalue weighted by atomic mass is 19.4. The first-order valence-electron chi connectivity index (χ1n) is 7.65. The van der Waals surface area contributed by atoms with Crippen LogP contribution in [0.15, 0.2) is 48.5 Å². The molecule has 26 heavy (non-hydrogen) atoms. The summed E-state index contributed by atoms with van der Waals surface area (Å²) in [5, 5.41) is 4.85. The van der Waals surface area contributed by atoms with Crippen LogP contribution in [0.5, 0.6) is 5.75 Å². The number of hydrogen-bond donors (Lipinski definition) is 2. The molecule has 2 amide bonds. The van der Waals surface area contributed by atoms with Crippen LogP contribution in [-0.2, 0) is 22.3 Å². The van der Waals surface area contributed by atoms with Gasteiger partial charge in [-0.15, -0.1) is 0 Å². The van der Waals surface area contributed by atoms with Crippen molar-refractivity contribution in [3.05, 3.63) is 59.7 Å². The molecule has 2 aromatic carbocycles. The van der Waals surface area contributed by atoms with Crippen molar-refractivity contribution in [1.29, 1.82) is 0 Å². The largest absolute Gasteiger partial charge is 0.496 e. The number of methoxy groups -OCH3 is 1. The second-order valence-corrected chi connectivity index (χ2v) is 5.39. The molecule has 0 atom stereocenters. The zero-order valence-electron chi connectivity index (χ0n) is 13.9. The molecule has 0 heterocycles. The second-order valence-electron chi connectivity index (χ2n) is 5.39. The molecule has 0 aliphatic carbocycles. The SMILES string of the molecule is COc1ccccc1CNC(=O)CC(=O)Nc1cccc(C(F)(F)F)c1. The van der Waals surface area contributed by atoms with Crippen molar-refractivity contribution in [2.24, 2.45) is 0 Å². The quantitative estimate of drug-likeness (QED) is 0.771. The molecule has 0 radical (unpaired) electrons. The minimum Gasteiger partial charge on any atom is -0.496 e. The Morgan fingerprint density at radius 1 is 1.04 bits per heavy atom. The average molecular weight is 366 g/mol. The van der Waals surface area contributed by atoms with E-state index in [4.69, 9.17) is 4.74 Å². The van der Waals surface area contributed by atoms with Crippen molar-refractivity contribution in [3.8, 4) is 5.75 Å². The standard InChI is InChI=1S/C18H17F3N2O3/c1-26-15-8-3-2-5-12(15)11-22-16(24)10-17(25)23-14-7-4-6-13(9-14)18(19,20)21/h2-9H,10-11H2,1H3,(H,22,24)(H,23,25). The molecule has 0 saturated heterocycles. The Bertz CT molecular complexity index is 791. The molecule has 0 fully saturated rings. The molecule has 0 aliphatic rings. The van der Waals surface area contributed by atoms with E-state index >= 15 is 0 Å². The van der Waals surface area contributed by atoms with Crippen molar-refractivity contribution in [2.45, 2.75) is 19.1 Å². The normalized spacial score (nSPS) is 10.9. The van der Waals surface area contributed by atoms with E-state index in [0.717, 1.165) is 17.7 Å². The highest BCUT2D eigenvalue weighted by Gasteiger charge is 2.30. The van der Waals surface area contributed by atoms with Crippen molar-refractivity contribution in [2.75, 3.05) is 12.4 Å². The lowest BCUT2D eigenvalue weighted by atomic mass is 10.2. The number of para-hydroxylation sites is 1. The molecule has 0 saturated carbocycles. The lowest BCUT2D eigenvalue weighted by Gasteiger charge is -2.11. The zero-order chi connectivity index (χ0) is 19.2. The average Bonchev–Trinajstić information content (AvgIpc) is 2.59. The van der Waals surface area contributed by atoms with Crippen LogP contribution in [0, 0.1) is 0 Å². The summed E-state index contributed by atoms with van der Waals surface area (Å²) in [5.74, 6) is -0.663. The van der Waals surface area contributed by atoms with E-state index in [-0.39, 0.29) is 12.2 Å². The van der Waals surface area contributed by atoms with E-state index in [1.165, 1.54) is 19.2 Å². The van der Waals surface area contributed by atoms with Crippen LogP contribution in [0.25, 0.3) is 0 Å². The molecule has 0 aliphatic heterocycles. The lowest BCUT2D eigenvalue weighted by Crippen LogP contribution is -2.28. The first-order chi connectivity index (χ1) is 12.3. The number of amides is 2. The summed E-state index contributed by atoms with van der Waals surface area (Å²) in [6, 6.07) is 11.3. The van der Waals surface area contributed by atoms with Gasteiger partial charge in [-0.3, -0.25) is 9.59 Å². The molecule has 138 valence electrons. The Hall–Kier alpha value is -3.03. The fourth-order valence-electron chi connectivity index (χ4n) is 2.23. The summed E-state index contributed by atoms with van der Waals surface area (Å²) in [7, 11) is 1.50. The first-order valence-corrected chi connectivity index (χ1v) is 7.65. The molecule has 5 nitrogen and oxygen atoms in total. The van der Waals surface area contributed by atoms with Gasteiger partial charge in [0.05, 0.1) is 12.7 Å². The zero-order valence-corrected chi connectivity index (χ0v) is 13.9. The van der Waals surface area contributed by atoms with E-state index in [2.05, 4.69) is 10.6 Å². The van der Waals surface area contributed by atoms with E-state index in [1.54, 1.807) is 24.3 Å². The lowest BCUT2D eigenvalue weighted by molar-refractivity contribution is -0.137. The third kappa shape index (κ3) is 5.51. The third-order valence-corrected chi connectivity index (χ3v) is 3.46. The van der Waals surface area contributed by atoms with E-state index in [9.17, 15) is 22.8 Å². The number of alkyl halides is 3. The Morgan fingerprint density at radius 3 is 2.46 bits per heavy atom. The van der Waals surface area contributed by atoms with Gasteiger partial charge in [0, 0.05) is 17.8 Å². The van der Waals surface area contributed by atoms with Crippen LogP contribution in [0.2, 0.25) is 0 Å². The monoisotopic (exact) mass is 366 g/mol. The number of anilines is 1. The van der Waals surface area contributed by atoms with E-state index < -0.39 is 30.0 Å². The maximum atomic E-state index is 12.7. The van der Waals surface area contributed by atoms with Crippen molar-refractivity contribution >= 4 is 17.5 Å².